The lowest BCUT2D eigenvalue weighted by molar-refractivity contribution is -0.140. The van der Waals surface area contributed by atoms with E-state index in [1.165, 1.54) is 12.1 Å². The standard InChI is InChI=1S/C26H22O5S/c1-19-23(26(27)30-18-20-11-5-2-6-12-20)17-24(25(31-19)21-13-7-3-8-14-21)32(28,29)22-15-9-4-10-16-22/h2-16H,17-18H2,1H3. The number of hydrogen-bond donors (Lipinski definition) is 0. The van der Waals surface area contributed by atoms with Gasteiger partial charge in [0, 0.05) is 12.0 Å². The minimum absolute atomic E-state index is 0.0344. The second kappa shape index (κ2) is 9.24. The molecule has 162 valence electrons. The second-order valence-electron chi connectivity index (χ2n) is 7.31. The Kier molecular flexibility index (Phi) is 6.23. The molecule has 0 atom stereocenters. The van der Waals surface area contributed by atoms with Gasteiger partial charge in [0.15, 0.2) is 0 Å². The molecule has 3 aromatic rings. The normalized spacial score (nSPS) is 14.2. The molecule has 0 saturated carbocycles. The van der Waals surface area contributed by atoms with Crippen molar-refractivity contribution in [2.45, 2.75) is 24.8 Å². The van der Waals surface area contributed by atoms with Crippen molar-refractivity contribution in [2.24, 2.45) is 0 Å². The Morgan fingerprint density at radius 1 is 0.875 bits per heavy atom. The number of allylic oxidation sites excluding steroid dienone is 2. The van der Waals surface area contributed by atoms with E-state index >= 15 is 0 Å². The van der Waals surface area contributed by atoms with Crippen molar-refractivity contribution in [2.75, 3.05) is 0 Å². The predicted octanol–water partition coefficient (Wildman–Crippen LogP) is 5.27. The quantitative estimate of drug-likeness (QED) is 0.483. The van der Waals surface area contributed by atoms with Crippen molar-refractivity contribution in [1.29, 1.82) is 0 Å². The van der Waals surface area contributed by atoms with E-state index in [-0.39, 0.29) is 34.2 Å². The van der Waals surface area contributed by atoms with Crippen molar-refractivity contribution in [3.8, 4) is 0 Å². The molecule has 4 rings (SSSR count). The maximum absolute atomic E-state index is 13.5. The Balaban J connectivity index is 1.69. The van der Waals surface area contributed by atoms with Crippen LogP contribution in [0.15, 0.2) is 112 Å². The molecular weight excluding hydrogens is 424 g/mol. The van der Waals surface area contributed by atoms with Crippen LogP contribution in [-0.4, -0.2) is 14.4 Å². The first-order valence-electron chi connectivity index (χ1n) is 10.1. The third kappa shape index (κ3) is 4.50. The van der Waals surface area contributed by atoms with Crippen molar-refractivity contribution in [3.63, 3.8) is 0 Å². The molecule has 0 N–H and O–H groups in total. The lowest BCUT2D eigenvalue weighted by atomic mass is 10.1. The van der Waals surface area contributed by atoms with E-state index in [2.05, 4.69) is 0 Å². The number of sulfone groups is 1. The van der Waals surface area contributed by atoms with Crippen LogP contribution in [0.1, 0.15) is 24.5 Å². The fraction of sp³-hybridized carbons (Fsp3) is 0.115. The van der Waals surface area contributed by atoms with Crippen LogP contribution in [0, 0.1) is 0 Å². The SMILES string of the molecule is CC1=C(C(=O)OCc2ccccc2)CC(S(=O)(=O)c2ccccc2)=C(c2ccccc2)O1. The highest BCUT2D eigenvalue weighted by Gasteiger charge is 2.34. The molecule has 0 aliphatic carbocycles. The van der Waals surface area contributed by atoms with E-state index in [1.807, 2.05) is 36.4 Å². The van der Waals surface area contributed by atoms with Crippen molar-refractivity contribution >= 4 is 21.6 Å². The van der Waals surface area contributed by atoms with Crippen LogP contribution in [0.25, 0.3) is 5.76 Å². The molecule has 0 unspecified atom stereocenters. The molecule has 6 heteroatoms. The van der Waals surface area contributed by atoms with Crippen molar-refractivity contribution < 1.29 is 22.7 Å². The van der Waals surface area contributed by atoms with Crippen molar-refractivity contribution in [3.05, 3.63) is 118 Å². The van der Waals surface area contributed by atoms with Gasteiger partial charge < -0.3 is 9.47 Å². The molecule has 3 aromatic carbocycles. The van der Waals surface area contributed by atoms with E-state index in [1.54, 1.807) is 49.4 Å². The minimum Gasteiger partial charge on any atom is -0.460 e. The molecule has 0 saturated heterocycles. The second-order valence-corrected chi connectivity index (χ2v) is 9.28. The van der Waals surface area contributed by atoms with Crippen molar-refractivity contribution in [1.82, 2.24) is 0 Å². The lowest BCUT2D eigenvalue weighted by Gasteiger charge is -2.24. The molecule has 1 aliphatic heterocycles. The van der Waals surface area contributed by atoms with Gasteiger partial charge in [0.1, 0.15) is 18.1 Å². The summed E-state index contributed by atoms with van der Waals surface area (Å²) in [6, 6.07) is 26.4. The van der Waals surface area contributed by atoms with Gasteiger partial charge in [-0.2, -0.15) is 0 Å². The first-order chi connectivity index (χ1) is 15.5. The van der Waals surface area contributed by atoms with Crippen LogP contribution >= 0.6 is 0 Å². The highest BCUT2D eigenvalue weighted by molar-refractivity contribution is 7.95. The molecule has 1 heterocycles. The summed E-state index contributed by atoms with van der Waals surface area (Å²) in [5.41, 5.74) is 1.65. The largest absolute Gasteiger partial charge is 0.460 e. The number of hydrogen-bond acceptors (Lipinski definition) is 5. The summed E-state index contributed by atoms with van der Waals surface area (Å²) in [6.45, 7) is 1.74. The summed E-state index contributed by atoms with van der Waals surface area (Å²) >= 11 is 0. The highest BCUT2D eigenvalue weighted by Crippen LogP contribution is 2.39. The van der Waals surface area contributed by atoms with Gasteiger partial charge in [-0.05, 0) is 24.6 Å². The number of ether oxygens (including phenoxy) is 2. The van der Waals surface area contributed by atoms with Crippen LogP contribution in [0.5, 0.6) is 0 Å². The molecule has 0 radical (unpaired) electrons. The maximum atomic E-state index is 13.5. The van der Waals surface area contributed by atoms with Gasteiger partial charge in [-0.25, -0.2) is 13.2 Å². The monoisotopic (exact) mass is 446 g/mol. The smallest absolute Gasteiger partial charge is 0.338 e. The summed E-state index contributed by atoms with van der Waals surface area (Å²) in [7, 11) is -3.90. The average molecular weight is 447 g/mol. The summed E-state index contributed by atoms with van der Waals surface area (Å²) in [6.07, 6.45) is -0.110. The molecule has 5 nitrogen and oxygen atoms in total. The zero-order chi connectivity index (χ0) is 22.6. The van der Waals surface area contributed by atoms with Gasteiger partial charge in [0.25, 0.3) is 0 Å². The first kappa shape index (κ1) is 21.6. The first-order valence-corrected chi connectivity index (χ1v) is 11.6. The molecule has 0 amide bonds. The molecule has 32 heavy (non-hydrogen) atoms. The third-order valence-electron chi connectivity index (χ3n) is 5.14. The van der Waals surface area contributed by atoms with Gasteiger partial charge in [0.2, 0.25) is 9.84 Å². The topological polar surface area (TPSA) is 69.7 Å². The number of carbonyl (C=O) groups is 1. The van der Waals surface area contributed by atoms with E-state index < -0.39 is 15.8 Å². The molecule has 0 spiro atoms. The summed E-state index contributed by atoms with van der Waals surface area (Å²) in [4.78, 5) is 13.0. The zero-order valence-corrected chi connectivity index (χ0v) is 18.3. The fourth-order valence-electron chi connectivity index (χ4n) is 3.43. The molecule has 1 aliphatic rings. The van der Waals surface area contributed by atoms with Gasteiger partial charge in [0.05, 0.1) is 15.4 Å². The molecule has 0 bridgehead atoms. The van der Waals surface area contributed by atoms with Gasteiger partial charge in [-0.15, -0.1) is 0 Å². The summed E-state index contributed by atoms with van der Waals surface area (Å²) in [5.74, 6) is -0.0419. The van der Waals surface area contributed by atoms with Gasteiger partial charge in [-0.1, -0.05) is 78.9 Å². The Hall–Kier alpha value is -3.64. The third-order valence-corrected chi connectivity index (χ3v) is 7.02. The molecule has 0 aromatic heterocycles. The van der Waals surface area contributed by atoms with Crippen LogP contribution in [-0.2, 0) is 30.7 Å². The summed E-state index contributed by atoms with van der Waals surface area (Å²) < 4.78 is 38.4. The van der Waals surface area contributed by atoms with E-state index in [0.717, 1.165) is 5.56 Å². The van der Waals surface area contributed by atoms with Gasteiger partial charge in [-0.3, -0.25) is 0 Å². The fourth-order valence-corrected chi connectivity index (χ4v) is 4.97. The Labute approximate surface area is 187 Å². The van der Waals surface area contributed by atoms with Crippen LogP contribution < -0.4 is 0 Å². The van der Waals surface area contributed by atoms with E-state index in [9.17, 15) is 13.2 Å². The van der Waals surface area contributed by atoms with E-state index in [4.69, 9.17) is 9.47 Å². The number of rotatable bonds is 6. The molecular formula is C26H22O5S. The average Bonchev–Trinajstić information content (AvgIpc) is 2.84. The lowest BCUT2D eigenvalue weighted by Crippen LogP contribution is -2.19. The van der Waals surface area contributed by atoms with Crippen LogP contribution in [0.3, 0.4) is 0 Å². The molecule has 0 fully saturated rings. The minimum atomic E-state index is -3.90. The predicted molar refractivity (Wildman–Crippen MR) is 122 cm³/mol. The summed E-state index contributed by atoms with van der Waals surface area (Å²) in [5, 5.41) is 0. The number of benzene rings is 3. The Morgan fingerprint density at radius 2 is 1.44 bits per heavy atom. The zero-order valence-electron chi connectivity index (χ0n) is 17.5. The van der Waals surface area contributed by atoms with Gasteiger partial charge >= 0.3 is 5.97 Å². The number of esters is 1. The van der Waals surface area contributed by atoms with E-state index in [0.29, 0.717) is 11.3 Å². The number of carbonyl (C=O) groups excluding carboxylic acids is 1. The highest BCUT2D eigenvalue weighted by atomic mass is 32.2. The van der Waals surface area contributed by atoms with Crippen LogP contribution in [0.2, 0.25) is 0 Å². The Bertz CT molecular complexity index is 1280. The maximum Gasteiger partial charge on any atom is 0.338 e. The van der Waals surface area contributed by atoms with Crippen LogP contribution in [0.4, 0.5) is 0 Å². The Morgan fingerprint density at radius 3 is 2.06 bits per heavy atom.